The molecule has 1 aliphatic heterocycles. The smallest absolute Gasteiger partial charge is 0.410 e. The molecule has 6 nitrogen and oxygen atoms in total. The van der Waals surface area contributed by atoms with Gasteiger partial charge < -0.3 is 19.4 Å². The molecule has 1 fully saturated rings. The van der Waals surface area contributed by atoms with Crippen molar-refractivity contribution in [2.24, 2.45) is 5.92 Å². The molecule has 1 amide bonds. The lowest BCUT2D eigenvalue weighted by Gasteiger charge is -2.39. The Morgan fingerprint density at radius 3 is 3.24 bits per heavy atom. The van der Waals surface area contributed by atoms with Crippen molar-refractivity contribution in [2.75, 3.05) is 25.0 Å². The molecule has 2 heterocycles. The van der Waals surface area contributed by atoms with E-state index in [4.69, 9.17) is 20.8 Å². The quantitative estimate of drug-likeness (QED) is 0.801. The fourth-order valence-corrected chi connectivity index (χ4v) is 3.33. The Bertz CT molecular complexity index is 761. The number of benzene rings is 1. The van der Waals surface area contributed by atoms with Crippen molar-refractivity contribution in [1.29, 1.82) is 0 Å². The van der Waals surface area contributed by atoms with Gasteiger partial charge in [0.1, 0.15) is 12.1 Å². The highest BCUT2D eigenvalue weighted by Crippen LogP contribution is 2.26. The predicted molar refractivity (Wildman–Crippen MR) is 97.9 cm³/mol. The Labute approximate surface area is 151 Å². The first-order valence-electron chi connectivity index (χ1n) is 8.42. The third-order valence-corrected chi connectivity index (χ3v) is 4.72. The van der Waals surface area contributed by atoms with Crippen LogP contribution in [0, 0.1) is 5.92 Å². The zero-order valence-electron chi connectivity index (χ0n) is 14.2. The van der Waals surface area contributed by atoms with Gasteiger partial charge in [0, 0.05) is 18.1 Å². The summed E-state index contributed by atoms with van der Waals surface area (Å²) in [4.78, 5) is 18.5. The number of halogens is 1. The van der Waals surface area contributed by atoms with Gasteiger partial charge in [-0.25, -0.2) is 4.79 Å². The van der Waals surface area contributed by atoms with Gasteiger partial charge in [-0.1, -0.05) is 31.2 Å². The first-order valence-corrected chi connectivity index (χ1v) is 8.80. The van der Waals surface area contributed by atoms with E-state index in [9.17, 15) is 4.79 Å². The number of amides is 1. The third-order valence-electron chi connectivity index (χ3n) is 4.49. The molecule has 25 heavy (non-hydrogen) atoms. The number of hydrogen-bond acceptors (Lipinski definition) is 5. The lowest BCUT2D eigenvalue weighted by Crippen LogP contribution is -2.51. The number of oxazole rings is 1. The summed E-state index contributed by atoms with van der Waals surface area (Å²) in [5, 5.41) is 3.82. The molecule has 0 spiro atoms. The number of nitrogens with one attached hydrogen (secondary N) is 1. The van der Waals surface area contributed by atoms with Crippen molar-refractivity contribution < 1.29 is 13.9 Å². The van der Waals surface area contributed by atoms with Gasteiger partial charge in [0.25, 0.3) is 6.01 Å². The molecule has 1 aromatic heterocycles. The number of likely N-dealkylation sites (tertiary alicyclic amines) is 1. The molecule has 0 radical (unpaired) electrons. The number of aromatic nitrogens is 1. The molecule has 2 aromatic rings. The largest absolute Gasteiger partial charge is 0.445 e. The van der Waals surface area contributed by atoms with E-state index in [1.807, 2.05) is 0 Å². The number of ether oxygens (including phenoxy) is 1. The van der Waals surface area contributed by atoms with Gasteiger partial charge in [-0.15, -0.1) is 0 Å². The van der Waals surface area contributed by atoms with E-state index in [0.29, 0.717) is 41.1 Å². The summed E-state index contributed by atoms with van der Waals surface area (Å²) in [6.45, 7) is 7.18. The van der Waals surface area contributed by atoms with E-state index in [2.05, 4.69) is 23.8 Å². The maximum Gasteiger partial charge on any atom is 0.410 e. The van der Waals surface area contributed by atoms with Crippen LogP contribution in [0.2, 0.25) is 5.02 Å². The summed E-state index contributed by atoms with van der Waals surface area (Å²) in [6.07, 6.45) is 3.31. The van der Waals surface area contributed by atoms with Crippen molar-refractivity contribution in [3.8, 4) is 0 Å². The minimum Gasteiger partial charge on any atom is -0.445 e. The van der Waals surface area contributed by atoms with Gasteiger partial charge in [0.05, 0.1) is 6.04 Å². The molecule has 3 rings (SSSR count). The van der Waals surface area contributed by atoms with Crippen LogP contribution in [0.1, 0.15) is 19.8 Å². The molecule has 0 saturated carbocycles. The van der Waals surface area contributed by atoms with Gasteiger partial charge in [-0.2, -0.15) is 4.98 Å². The van der Waals surface area contributed by atoms with Crippen molar-refractivity contribution in [3.63, 3.8) is 0 Å². The minimum absolute atomic E-state index is 0.0182. The van der Waals surface area contributed by atoms with E-state index >= 15 is 0 Å². The molecule has 0 aliphatic carbocycles. The molecule has 2 atom stereocenters. The van der Waals surface area contributed by atoms with Crippen molar-refractivity contribution >= 4 is 34.8 Å². The monoisotopic (exact) mass is 363 g/mol. The molecule has 134 valence electrons. The number of fused-ring (bicyclic) bond motifs is 1. The fourth-order valence-electron chi connectivity index (χ4n) is 3.17. The van der Waals surface area contributed by atoms with E-state index in [-0.39, 0.29) is 18.7 Å². The Balaban J connectivity index is 1.69. The summed E-state index contributed by atoms with van der Waals surface area (Å²) >= 11 is 5.97. The standard InChI is InChI=1S/C18H22ClN3O3/c1-3-9-24-18(23)22-8-4-5-12(2)15(22)11-20-17-21-14-10-13(19)6-7-16(14)25-17/h3,6-7,10,12,15H,1,4-5,8-9,11H2,2H3,(H,20,21)/t12-,15?/m1/s1. The normalized spacial score (nSPS) is 20.5. The molecule has 0 bridgehead atoms. The predicted octanol–water partition coefficient (Wildman–Crippen LogP) is 4.32. The maximum atomic E-state index is 12.3. The summed E-state index contributed by atoms with van der Waals surface area (Å²) < 4.78 is 10.9. The second kappa shape index (κ2) is 7.78. The number of hydrogen-bond donors (Lipinski definition) is 1. The van der Waals surface area contributed by atoms with E-state index in [1.54, 1.807) is 29.2 Å². The number of nitrogens with zero attached hydrogens (tertiary/aromatic N) is 2. The average molecular weight is 364 g/mol. The van der Waals surface area contributed by atoms with Crippen LogP contribution in [0.15, 0.2) is 35.3 Å². The topological polar surface area (TPSA) is 67.6 Å². The molecule has 1 N–H and O–H groups in total. The maximum absolute atomic E-state index is 12.3. The van der Waals surface area contributed by atoms with Crippen molar-refractivity contribution in [3.05, 3.63) is 35.9 Å². The lowest BCUT2D eigenvalue weighted by atomic mass is 9.91. The Hall–Kier alpha value is -2.21. The van der Waals surface area contributed by atoms with Gasteiger partial charge in [0.2, 0.25) is 0 Å². The van der Waals surface area contributed by atoms with Gasteiger partial charge >= 0.3 is 6.09 Å². The minimum atomic E-state index is -0.303. The summed E-state index contributed by atoms with van der Waals surface area (Å²) in [6, 6.07) is 5.75. The van der Waals surface area contributed by atoms with Crippen LogP contribution in [-0.2, 0) is 4.74 Å². The van der Waals surface area contributed by atoms with Crippen LogP contribution in [-0.4, -0.2) is 41.7 Å². The molecule has 1 aromatic carbocycles. The van der Waals surface area contributed by atoms with Crippen LogP contribution < -0.4 is 5.32 Å². The SMILES string of the molecule is C=CCOC(=O)N1CCC[C@@H](C)C1CNc1nc2cc(Cl)ccc2o1. The van der Waals surface area contributed by atoms with E-state index in [0.717, 1.165) is 12.8 Å². The first kappa shape index (κ1) is 17.6. The van der Waals surface area contributed by atoms with Gasteiger partial charge in [0.15, 0.2) is 5.58 Å². The molecular weight excluding hydrogens is 342 g/mol. The van der Waals surface area contributed by atoms with Crippen LogP contribution in [0.4, 0.5) is 10.8 Å². The highest BCUT2D eigenvalue weighted by atomic mass is 35.5. The number of rotatable bonds is 5. The molecular formula is C18H22ClN3O3. The summed E-state index contributed by atoms with van der Waals surface area (Å²) in [7, 11) is 0. The van der Waals surface area contributed by atoms with Crippen molar-refractivity contribution in [1.82, 2.24) is 9.88 Å². The number of carbonyl (C=O) groups is 1. The first-order chi connectivity index (χ1) is 12.1. The second-order valence-electron chi connectivity index (χ2n) is 6.26. The molecule has 1 saturated heterocycles. The molecule has 1 aliphatic rings. The Kier molecular flexibility index (Phi) is 5.48. The summed E-state index contributed by atoms with van der Waals surface area (Å²) in [5.41, 5.74) is 1.37. The van der Waals surface area contributed by atoms with Crippen molar-refractivity contribution in [2.45, 2.75) is 25.8 Å². The number of anilines is 1. The van der Waals surface area contributed by atoms with Crippen LogP contribution in [0.25, 0.3) is 11.1 Å². The third kappa shape index (κ3) is 4.07. The van der Waals surface area contributed by atoms with Crippen LogP contribution in [0.5, 0.6) is 0 Å². The Morgan fingerprint density at radius 1 is 1.60 bits per heavy atom. The zero-order chi connectivity index (χ0) is 17.8. The summed E-state index contributed by atoms with van der Waals surface area (Å²) in [5.74, 6) is 0.358. The zero-order valence-corrected chi connectivity index (χ0v) is 15.0. The van der Waals surface area contributed by atoms with Gasteiger partial charge in [-0.3, -0.25) is 0 Å². The lowest BCUT2D eigenvalue weighted by molar-refractivity contribution is 0.0664. The fraction of sp³-hybridized carbons (Fsp3) is 0.444. The highest BCUT2D eigenvalue weighted by molar-refractivity contribution is 6.31. The second-order valence-corrected chi connectivity index (χ2v) is 6.69. The number of carbonyl (C=O) groups excluding carboxylic acids is 1. The Morgan fingerprint density at radius 2 is 2.44 bits per heavy atom. The number of piperidine rings is 1. The van der Waals surface area contributed by atoms with E-state index in [1.165, 1.54) is 0 Å². The molecule has 7 heteroatoms. The highest BCUT2D eigenvalue weighted by Gasteiger charge is 2.32. The average Bonchev–Trinajstić information content (AvgIpc) is 3.00. The van der Waals surface area contributed by atoms with Crippen LogP contribution >= 0.6 is 11.6 Å². The van der Waals surface area contributed by atoms with Gasteiger partial charge in [-0.05, 0) is 37.0 Å². The van der Waals surface area contributed by atoms with E-state index < -0.39 is 0 Å². The molecule has 1 unspecified atom stereocenters. The van der Waals surface area contributed by atoms with Crippen LogP contribution in [0.3, 0.4) is 0 Å².